The van der Waals surface area contributed by atoms with Crippen molar-refractivity contribution in [1.29, 1.82) is 0 Å². The number of benzene rings is 1. The van der Waals surface area contributed by atoms with Crippen LogP contribution in [0.4, 0.5) is 0 Å². The summed E-state index contributed by atoms with van der Waals surface area (Å²) in [5.74, 6) is 1.97. The first-order valence-corrected chi connectivity index (χ1v) is 14.1. The molecular formula is C26H32N4O2S2. The zero-order valence-corrected chi connectivity index (χ0v) is 22.0. The Kier molecular flexibility index (Phi) is 6.82. The van der Waals surface area contributed by atoms with Gasteiger partial charge in [-0.2, -0.15) is 0 Å². The van der Waals surface area contributed by atoms with Gasteiger partial charge in [-0.05, 0) is 37.0 Å². The van der Waals surface area contributed by atoms with Gasteiger partial charge in [-0.1, -0.05) is 69.5 Å². The van der Waals surface area contributed by atoms with Gasteiger partial charge in [0.2, 0.25) is 5.78 Å². The van der Waals surface area contributed by atoms with E-state index >= 15 is 0 Å². The highest BCUT2D eigenvalue weighted by Crippen LogP contribution is 2.37. The molecule has 5 rings (SSSR count). The number of ether oxygens (including phenoxy) is 1. The van der Waals surface area contributed by atoms with Gasteiger partial charge >= 0.3 is 0 Å². The predicted molar refractivity (Wildman–Crippen MR) is 141 cm³/mol. The van der Waals surface area contributed by atoms with E-state index in [1.165, 1.54) is 19.3 Å². The van der Waals surface area contributed by atoms with Crippen LogP contribution in [-0.4, -0.2) is 31.0 Å². The minimum Gasteiger partial charge on any atom is -0.372 e. The maximum atomic E-state index is 14.0. The van der Waals surface area contributed by atoms with Gasteiger partial charge in [-0.3, -0.25) is 4.79 Å². The molecule has 0 N–H and O–H groups in total. The van der Waals surface area contributed by atoms with Crippen LogP contribution in [0.15, 0.2) is 34.2 Å². The third-order valence-electron chi connectivity index (χ3n) is 6.61. The molecule has 0 spiro atoms. The lowest BCUT2D eigenvalue weighted by Gasteiger charge is -2.26. The number of fused-ring (bicyclic) bond motifs is 5. The molecule has 8 heteroatoms. The van der Waals surface area contributed by atoms with E-state index in [1.54, 1.807) is 27.7 Å². The molecule has 0 amide bonds. The molecule has 1 aliphatic rings. The van der Waals surface area contributed by atoms with Crippen molar-refractivity contribution >= 4 is 39.1 Å². The van der Waals surface area contributed by atoms with Crippen LogP contribution in [0.5, 0.6) is 0 Å². The minimum atomic E-state index is -0.0137. The van der Waals surface area contributed by atoms with Crippen LogP contribution in [0, 0.1) is 12.8 Å². The number of thiophene rings is 1. The Morgan fingerprint density at radius 1 is 1.18 bits per heavy atom. The highest BCUT2D eigenvalue weighted by Gasteiger charge is 2.30. The first-order chi connectivity index (χ1) is 16.5. The summed E-state index contributed by atoms with van der Waals surface area (Å²) in [7, 11) is 0. The molecule has 0 saturated carbocycles. The van der Waals surface area contributed by atoms with E-state index in [0.29, 0.717) is 18.3 Å². The summed E-state index contributed by atoms with van der Waals surface area (Å²) in [4.78, 5) is 16.1. The van der Waals surface area contributed by atoms with E-state index in [9.17, 15) is 4.79 Å². The van der Waals surface area contributed by atoms with Gasteiger partial charge in [-0.25, -0.2) is 8.97 Å². The fourth-order valence-electron chi connectivity index (χ4n) is 4.58. The van der Waals surface area contributed by atoms with Crippen molar-refractivity contribution in [3.8, 4) is 5.69 Å². The Morgan fingerprint density at radius 2 is 1.97 bits per heavy atom. The van der Waals surface area contributed by atoms with E-state index in [1.807, 2.05) is 24.3 Å². The molecule has 1 aliphatic heterocycles. The Morgan fingerprint density at radius 3 is 2.71 bits per heavy atom. The van der Waals surface area contributed by atoms with Crippen LogP contribution >= 0.6 is 23.1 Å². The normalized spacial score (nSPS) is 16.1. The zero-order valence-electron chi connectivity index (χ0n) is 20.3. The molecule has 0 bridgehead atoms. The van der Waals surface area contributed by atoms with Gasteiger partial charge in [0, 0.05) is 17.1 Å². The number of hydrogen-bond donors (Lipinski definition) is 0. The van der Waals surface area contributed by atoms with Crippen molar-refractivity contribution in [3.05, 3.63) is 50.6 Å². The number of thioether (sulfide) groups is 1. The van der Waals surface area contributed by atoms with Crippen LogP contribution in [0.25, 0.3) is 21.7 Å². The summed E-state index contributed by atoms with van der Waals surface area (Å²) in [6.07, 6.45) is 5.75. The fraction of sp³-hybridized carbons (Fsp3) is 0.500. The summed E-state index contributed by atoms with van der Waals surface area (Å²) in [5, 5.41) is 10.7. The summed E-state index contributed by atoms with van der Waals surface area (Å²) >= 11 is 3.40. The van der Waals surface area contributed by atoms with Gasteiger partial charge in [0.05, 0.1) is 23.8 Å². The molecule has 180 valence electrons. The summed E-state index contributed by atoms with van der Waals surface area (Å²) < 4.78 is 9.99. The van der Waals surface area contributed by atoms with Crippen molar-refractivity contribution in [1.82, 2.24) is 19.2 Å². The van der Waals surface area contributed by atoms with Crippen molar-refractivity contribution < 1.29 is 4.74 Å². The van der Waals surface area contributed by atoms with Crippen LogP contribution in [0.3, 0.4) is 0 Å². The molecule has 4 heterocycles. The van der Waals surface area contributed by atoms with Gasteiger partial charge < -0.3 is 4.74 Å². The number of nitrogens with zero attached hydrogens (tertiary/aromatic N) is 4. The molecule has 4 aromatic rings. The van der Waals surface area contributed by atoms with Crippen LogP contribution in [0.2, 0.25) is 0 Å². The molecule has 0 aliphatic carbocycles. The Labute approximate surface area is 208 Å². The van der Waals surface area contributed by atoms with E-state index in [2.05, 4.69) is 42.3 Å². The molecule has 0 saturated heterocycles. The molecule has 1 atom stereocenters. The third kappa shape index (κ3) is 4.20. The molecular weight excluding hydrogens is 464 g/mol. The third-order valence-corrected chi connectivity index (χ3v) is 8.81. The van der Waals surface area contributed by atoms with Crippen molar-refractivity contribution in [2.45, 2.75) is 77.7 Å². The van der Waals surface area contributed by atoms with Crippen molar-refractivity contribution in [2.24, 2.45) is 5.92 Å². The highest BCUT2D eigenvalue weighted by molar-refractivity contribution is 7.99. The standard InChI is InChI=1S/C26H32N4O2S2/c1-5-6-7-8-13-33-26-28-27-25-29(18-11-9-17(4)10-12-18)23(31)22-19-14-20(16(2)3)32-15-21(19)34-24(22)30(25)26/h9-12,16,20H,5-8,13-15H2,1-4H3/t20-/m0/s1. The molecule has 3 aromatic heterocycles. The van der Waals surface area contributed by atoms with Crippen LogP contribution in [-0.2, 0) is 17.8 Å². The largest absolute Gasteiger partial charge is 0.372 e. The van der Waals surface area contributed by atoms with E-state index in [4.69, 9.17) is 4.74 Å². The van der Waals surface area contributed by atoms with Crippen molar-refractivity contribution in [2.75, 3.05) is 5.75 Å². The maximum absolute atomic E-state index is 14.0. The molecule has 1 aromatic carbocycles. The quantitative estimate of drug-likeness (QED) is 0.216. The first-order valence-electron chi connectivity index (χ1n) is 12.3. The lowest BCUT2D eigenvalue weighted by molar-refractivity contribution is 0.00200. The van der Waals surface area contributed by atoms with Crippen LogP contribution < -0.4 is 5.56 Å². The number of hydrogen-bond acceptors (Lipinski definition) is 6. The fourth-order valence-corrected chi connectivity index (χ4v) is 6.81. The number of unbranched alkanes of at least 4 members (excludes halogenated alkanes) is 3. The molecule has 0 radical (unpaired) electrons. The SMILES string of the molecule is CCCCCCSc1nnc2n(-c3ccc(C)cc3)c(=O)c3c4c(sc3n12)CO[C@H](C(C)C)C4. The summed E-state index contributed by atoms with van der Waals surface area (Å²) in [5.41, 5.74) is 3.11. The molecule has 6 nitrogen and oxygen atoms in total. The second-order valence-corrected chi connectivity index (χ2v) is 11.6. The Balaban J connectivity index is 1.70. The maximum Gasteiger partial charge on any atom is 0.268 e. The zero-order chi connectivity index (χ0) is 23.8. The van der Waals surface area contributed by atoms with Gasteiger partial charge in [0.1, 0.15) is 4.83 Å². The average Bonchev–Trinajstić information content (AvgIpc) is 3.41. The summed E-state index contributed by atoms with van der Waals surface area (Å²) in [6.45, 7) is 9.20. The lowest BCUT2D eigenvalue weighted by atomic mass is 9.96. The highest BCUT2D eigenvalue weighted by atomic mass is 32.2. The van der Waals surface area contributed by atoms with E-state index in [0.717, 1.165) is 55.7 Å². The number of rotatable bonds is 8. The molecule has 0 unspecified atom stereocenters. The topological polar surface area (TPSA) is 61.4 Å². The first kappa shape index (κ1) is 23.6. The summed E-state index contributed by atoms with van der Waals surface area (Å²) in [6, 6.07) is 8.06. The molecule has 34 heavy (non-hydrogen) atoms. The number of aryl methyl sites for hydroxylation is 1. The predicted octanol–water partition coefficient (Wildman–Crippen LogP) is 6.17. The number of aromatic nitrogens is 4. The van der Waals surface area contributed by atoms with Gasteiger partial charge in [-0.15, -0.1) is 21.5 Å². The van der Waals surface area contributed by atoms with Gasteiger partial charge in [0.15, 0.2) is 5.16 Å². The lowest BCUT2D eigenvalue weighted by Crippen LogP contribution is -2.28. The van der Waals surface area contributed by atoms with Gasteiger partial charge in [0.25, 0.3) is 5.56 Å². The Hall–Kier alpha value is -2.16. The smallest absolute Gasteiger partial charge is 0.268 e. The second-order valence-electron chi connectivity index (χ2n) is 9.48. The minimum absolute atomic E-state index is 0.0137. The monoisotopic (exact) mass is 496 g/mol. The Bertz CT molecular complexity index is 1370. The van der Waals surface area contributed by atoms with Crippen LogP contribution in [0.1, 0.15) is 62.5 Å². The van der Waals surface area contributed by atoms with Crippen molar-refractivity contribution in [3.63, 3.8) is 0 Å². The average molecular weight is 497 g/mol. The van der Waals surface area contributed by atoms with E-state index < -0.39 is 0 Å². The molecule has 0 fully saturated rings. The second kappa shape index (κ2) is 9.84. The van der Waals surface area contributed by atoms with E-state index in [-0.39, 0.29) is 11.7 Å².